The van der Waals surface area contributed by atoms with Crippen LogP contribution in [0.25, 0.3) is 0 Å². The number of aromatic nitrogens is 2. The summed E-state index contributed by atoms with van der Waals surface area (Å²) in [5, 5.41) is 9.22. The molecule has 1 aromatic rings. The number of hydrogen-bond donors (Lipinski definition) is 2. The van der Waals surface area contributed by atoms with E-state index in [0.29, 0.717) is 18.8 Å². The van der Waals surface area contributed by atoms with Crippen molar-refractivity contribution in [3.05, 3.63) is 12.0 Å². The minimum absolute atomic E-state index is 0.102. The minimum atomic E-state index is -3.52. The largest absolute Gasteiger partial charge is 0.395 e. The molecule has 16 heavy (non-hydrogen) atoms. The molecule has 2 N–H and O–H groups in total. The summed E-state index contributed by atoms with van der Waals surface area (Å²) < 4.78 is 25.7. The summed E-state index contributed by atoms with van der Waals surface area (Å²) in [5.41, 5.74) is 0. The number of nitrogens with one attached hydrogen (secondary N) is 1. The second-order valence-electron chi connectivity index (χ2n) is 3.93. The molecule has 0 spiro atoms. The molecule has 1 aliphatic heterocycles. The van der Waals surface area contributed by atoms with Gasteiger partial charge in [0.15, 0.2) is 5.03 Å². The Bertz CT molecular complexity index is 468. The number of aliphatic hydroxyl groups excluding tert-OH is 1. The van der Waals surface area contributed by atoms with Crippen molar-refractivity contribution in [1.29, 1.82) is 0 Å². The number of aromatic amines is 1. The topological polar surface area (TPSA) is 86.3 Å². The van der Waals surface area contributed by atoms with E-state index in [2.05, 4.69) is 9.97 Å². The van der Waals surface area contributed by atoms with Gasteiger partial charge >= 0.3 is 0 Å². The summed E-state index contributed by atoms with van der Waals surface area (Å²) in [5.74, 6) is 0.568. The lowest BCUT2D eigenvalue weighted by Gasteiger charge is -2.21. The van der Waals surface area contributed by atoms with Crippen LogP contribution in [0.15, 0.2) is 11.2 Å². The smallest absolute Gasteiger partial charge is 0.260 e. The first-order chi connectivity index (χ1) is 7.55. The van der Waals surface area contributed by atoms with E-state index in [1.165, 1.54) is 10.5 Å². The van der Waals surface area contributed by atoms with Crippen molar-refractivity contribution in [2.75, 3.05) is 13.2 Å². The van der Waals surface area contributed by atoms with E-state index in [1.54, 1.807) is 6.92 Å². The number of aliphatic hydroxyl groups is 1. The molecule has 0 radical (unpaired) electrons. The van der Waals surface area contributed by atoms with Gasteiger partial charge in [0, 0.05) is 12.6 Å². The van der Waals surface area contributed by atoms with Crippen LogP contribution in [0.3, 0.4) is 0 Å². The molecule has 0 unspecified atom stereocenters. The predicted octanol–water partition coefficient (Wildman–Crippen LogP) is -0.136. The number of hydrogen-bond acceptors (Lipinski definition) is 4. The van der Waals surface area contributed by atoms with E-state index in [-0.39, 0.29) is 17.7 Å². The Balaban J connectivity index is 2.32. The van der Waals surface area contributed by atoms with Gasteiger partial charge in [0.2, 0.25) is 0 Å². The number of nitrogens with zero attached hydrogens (tertiary/aromatic N) is 2. The average molecular weight is 245 g/mol. The van der Waals surface area contributed by atoms with Gasteiger partial charge in [0.05, 0.1) is 12.8 Å². The molecule has 0 bridgehead atoms. The van der Waals surface area contributed by atoms with Crippen LogP contribution in [-0.2, 0) is 10.0 Å². The summed E-state index contributed by atoms with van der Waals surface area (Å²) in [6.07, 6.45) is 2.82. The number of H-pyrrole nitrogens is 1. The Kier molecular flexibility index (Phi) is 3.00. The number of sulfonamides is 1. The van der Waals surface area contributed by atoms with Gasteiger partial charge in [-0.15, -0.1) is 0 Å². The molecule has 90 valence electrons. The van der Waals surface area contributed by atoms with Crippen LogP contribution >= 0.6 is 0 Å². The minimum Gasteiger partial charge on any atom is -0.395 e. The summed E-state index contributed by atoms with van der Waals surface area (Å²) >= 11 is 0. The van der Waals surface area contributed by atoms with Gasteiger partial charge in [-0.05, 0) is 19.8 Å². The third-order valence-electron chi connectivity index (χ3n) is 2.80. The van der Waals surface area contributed by atoms with E-state index in [1.807, 2.05) is 0 Å². The van der Waals surface area contributed by atoms with Crippen molar-refractivity contribution in [2.24, 2.45) is 0 Å². The van der Waals surface area contributed by atoms with Gasteiger partial charge < -0.3 is 10.1 Å². The third-order valence-corrected chi connectivity index (χ3v) is 4.66. The summed E-state index contributed by atoms with van der Waals surface area (Å²) in [7, 11) is -3.52. The van der Waals surface area contributed by atoms with Gasteiger partial charge in [-0.3, -0.25) is 0 Å². The van der Waals surface area contributed by atoms with Gasteiger partial charge in [-0.1, -0.05) is 0 Å². The lowest BCUT2D eigenvalue weighted by atomic mass is 10.2. The van der Waals surface area contributed by atoms with Crippen LogP contribution in [0.1, 0.15) is 18.7 Å². The molecule has 1 aromatic heterocycles. The molecule has 7 heteroatoms. The van der Waals surface area contributed by atoms with E-state index in [0.717, 1.165) is 6.42 Å². The van der Waals surface area contributed by atoms with Gasteiger partial charge in [0.25, 0.3) is 10.0 Å². The molecule has 1 saturated heterocycles. The van der Waals surface area contributed by atoms with Gasteiger partial charge in [-0.25, -0.2) is 13.4 Å². The van der Waals surface area contributed by atoms with Gasteiger partial charge in [-0.2, -0.15) is 4.31 Å². The maximum Gasteiger partial charge on any atom is 0.260 e. The molecular formula is C9H15N3O3S. The number of aryl methyl sites for hydroxylation is 1. The van der Waals surface area contributed by atoms with Crippen molar-refractivity contribution in [3.63, 3.8) is 0 Å². The van der Waals surface area contributed by atoms with Crippen LogP contribution in [0, 0.1) is 6.92 Å². The van der Waals surface area contributed by atoms with Crippen LogP contribution in [-0.4, -0.2) is 47.0 Å². The third kappa shape index (κ3) is 1.85. The molecule has 0 amide bonds. The SMILES string of the molecule is Cc1ncc(S(=O)(=O)N2CCC[C@@H]2CO)[nH]1. The zero-order chi connectivity index (χ0) is 11.8. The van der Waals surface area contributed by atoms with E-state index < -0.39 is 10.0 Å². The number of imidazole rings is 1. The summed E-state index contributed by atoms with van der Waals surface area (Å²) in [4.78, 5) is 6.60. The van der Waals surface area contributed by atoms with Crippen LogP contribution in [0.5, 0.6) is 0 Å². The molecule has 0 saturated carbocycles. The first kappa shape index (κ1) is 11.6. The maximum atomic E-state index is 12.2. The molecule has 2 heterocycles. The van der Waals surface area contributed by atoms with E-state index >= 15 is 0 Å². The molecule has 1 aliphatic rings. The first-order valence-electron chi connectivity index (χ1n) is 5.20. The zero-order valence-electron chi connectivity index (χ0n) is 9.05. The van der Waals surface area contributed by atoms with Crippen molar-refractivity contribution in [2.45, 2.75) is 30.8 Å². The highest BCUT2D eigenvalue weighted by Crippen LogP contribution is 2.24. The standard InChI is InChI=1S/C9H15N3O3S/c1-7-10-5-9(11-7)16(14,15)12-4-2-3-8(12)6-13/h5,8,13H,2-4,6H2,1H3,(H,10,11)/t8-/m1/s1. The predicted molar refractivity (Wildman–Crippen MR) is 57.3 cm³/mol. The Morgan fingerprint density at radius 2 is 2.44 bits per heavy atom. The van der Waals surface area contributed by atoms with Crippen molar-refractivity contribution in [1.82, 2.24) is 14.3 Å². The molecule has 0 aliphatic carbocycles. The molecular weight excluding hydrogens is 230 g/mol. The van der Waals surface area contributed by atoms with E-state index in [4.69, 9.17) is 5.11 Å². The molecule has 6 nitrogen and oxygen atoms in total. The Morgan fingerprint density at radius 3 is 3.00 bits per heavy atom. The summed E-state index contributed by atoms with van der Waals surface area (Å²) in [6, 6.07) is -0.298. The quantitative estimate of drug-likeness (QED) is 0.776. The fourth-order valence-corrected chi connectivity index (χ4v) is 3.61. The average Bonchev–Trinajstić information content (AvgIpc) is 2.85. The highest BCUT2D eigenvalue weighted by molar-refractivity contribution is 7.89. The van der Waals surface area contributed by atoms with Crippen molar-refractivity contribution >= 4 is 10.0 Å². The molecule has 2 rings (SSSR count). The highest BCUT2D eigenvalue weighted by atomic mass is 32.2. The lowest BCUT2D eigenvalue weighted by molar-refractivity contribution is 0.213. The second kappa shape index (κ2) is 4.15. The highest BCUT2D eigenvalue weighted by Gasteiger charge is 2.35. The van der Waals surface area contributed by atoms with Crippen LogP contribution in [0.4, 0.5) is 0 Å². The first-order valence-corrected chi connectivity index (χ1v) is 6.64. The monoisotopic (exact) mass is 245 g/mol. The van der Waals surface area contributed by atoms with Crippen LogP contribution < -0.4 is 0 Å². The molecule has 1 atom stereocenters. The van der Waals surface area contributed by atoms with Crippen molar-refractivity contribution in [3.8, 4) is 0 Å². The molecule has 0 aromatic carbocycles. The Hall–Kier alpha value is -0.920. The second-order valence-corrected chi connectivity index (χ2v) is 5.79. The Labute approximate surface area is 94.4 Å². The van der Waals surface area contributed by atoms with Crippen LogP contribution in [0.2, 0.25) is 0 Å². The summed E-state index contributed by atoms with van der Waals surface area (Å²) in [6.45, 7) is 2.03. The molecule has 1 fully saturated rings. The number of rotatable bonds is 3. The lowest BCUT2D eigenvalue weighted by Crippen LogP contribution is -2.37. The van der Waals surface area contributed by atoms with Crippen molar-refractivity contribution < 1.29 is 13.5 Å². The Morgan fingerprint density at radius 1 is 1.69 bits per heavy atom. The fourth-order valence-electron chi connectivity index (χ4n) is 1.96. The van der Waals surface area contributed by atoms with Gasteiger partial charge in [0.1, 0.15) is 5.82 Å². The maximum absolute atomic E-state index is 12.2. The van der Waals surface area contributed by atoms with E-state index in [9.17, 15) is 8.42 Å². The normalized spacial score (nSPS) is 22.8. The zero-order valence-corrected chi connectivity index (χ0v) is 9.87. The fraction of sp³-hybridized carbons (Fsp3) is 0.667.